The second-order valence-electron chi connectivity index (χ2n) is 6.10. The third-order valence-electron chi connectivity index (χ3n) is 4.42. The van der Waals surface area contributed by atoms with Crippen LogP contribution in [-0.4, -0.2) is 65.7 Å². The molecule has 4 rings (SSSR count). The third kappa shape index (κ3) is 3.04. The Labute approximate surface area is 153 Å². The number of aliphatic hydroxyl groups is 3. The van der Waals surface area contributed by atoms with E-state index >= 15 is 0 Å². The molecule has 1 fully saturated rings. The van der Waals surface area contributed by atoms with Gasteiger partial charge in [-0.1, -0.05) is 18.2 Å². The van der Waals surface area contributed by atoms with Crippen LogP contribution in [0.15, 0.2) is 43.0 Å². The van der Waals surface area contributed by atoms with Crippen LogP contribution in [0.5, 0.6) is 0 Å². The number of benzene rings is 1. The second-order valence-corrected chi connectivity index (χ2v) is 6.10. The number of fused-ring (bicyclic) bond motifs is 1. The Morgan fingerprint density at radius 2 is 1.93 bits per heavy atom. The highest BCUT2D eigenvalue weighted by Gasteiger charge is 2.44. The van der Waals surface area contributed by atoms with Gasteiger partial charge in [-0.2, -0.15) is 0 Å². The van der Waals surface area contributed by atoms with Gasteiger partial charge in [0.1, 0.15) is 24.6 Å². The molecule has 0 radical (unpaired) electrons. The molecule has 3 heterocycles. The van der Waals surface area contributed by atoms with Gasteiger partial charge in [0.15, 0.2) is 23.2 Å². The van der Waals surface area contributed by atoms with Gasteiger partial charge >= 0.3 is 0 Å². The number of amides is 1. The van der Waals surface area contributed by atoms with Gasteiger partial charge in [-0.3, -0.25) is 9.36 Å². The summed E-state index contributed by atoms with van der Waals surface area (Å²) in [5.41, 5.74) is 1.08. The van der Waals surface area contributed by atoms with Gasteiger partial charge in [-0.25, -0.2) is 15.0 Å². The van der Waals surface area contributed by atoms with Gasteiger partial charge in [0.05, 0.1) is 12.9 Å². The summed E-state index contributed by atoms with van der Waals surface area (Å²) in [5.74, 6) is -0.141. The number of aromatic nitrogens is 4. The summed E-state index contributed by atoms with van der Waals surface area (Å²) in [4.78, 5) is 24.8. The lowest BCUT2D eigenvalue weighted by Crippen LogP contribution is -2.33. The van der Waals surface area contributed by atoms with E-state index in [2.05, 4.69) is 20.3 Å². The molecule has 0 saturated carbocycles. The maximum atomic E-state index is 12.4. The molecular formula is C17H17N5O5. The summed E-state index contributed by atoms with van der Waals surface area (Å²) in [6, 6.07) is 8.65. The Morgan fingerprint density at radius 1 is 1.15 bits per heavy atom. The highest BCUT2D eigenvalue weighted by atomic mass is 16.6. The fourth-order valence-corrected chi connectivity index (χ4v) is 3.01. The first-order valence-corrected chi connectivity index (χ1v) is 8.26. The van der Waals surface area contributed by atoms with Gasteiger partial charge in [0.2, 0.25) is 0 Å². The number of hydrogen-bond donors (Lipinski definition) is 4. The quantitative estimate of drug-likeness (QED) is 0.489. The number of ether oxygens (including phenoxy) is 1. The van der Waals surface area contributed by atoms with Gasteiger partial charge in [-0.15, -0.1) is 0 Å². The maximum Gasteiger partial charge on any atom is 0.256 e. The number of anilines is 1. The van der Waals surface area contributed by atoms with E-state index in [0.29, 0.717) is 16.7 Å². The predicted molar refractivity (Wildman–Crippen MR) is 92.7 cm³/mol. The van der Waals surface area contributed by atoms with Crippen LogP contribution in [0.25, 0.3) is 11.2 Å². The van der Waals surface area contributed by atoms with Crippen molar-refractivity contribution < 1.29 is 24.9 Å². The highest BCUT2D eigenvalue weighted by molar-refractivity contribution is 6.06. The number of nitrogens with zero attached hydrogens (tertiary/aromatic N) is 4. The van der Waals surface area contributed by atoms with E-state index in [1.807, 2.05) is 6.07 Å². The topological polar surface area (TPSA) is 143 Å². The van der Waals surface area contributed by atoms with Crippen LogP contribution >= 0.6 is 0 Å². The zero-order valence-electron chi connectivity index (χ0n) is 14.0. The number of carbonyl (C=O) groups excluding carboxylic acids is 1. The smallest absolute Gasteiger partial charge is 0.256 e. The molecule has 1 aromatic carbocycles. The summed E-state index contributed by atoms with van der Waals surface area (Å²) in [6.45, 7) is -0.436. The van der Waals surface area contributed by atoms with Gasteiger partial charge < -0.3 is 25.4 Å². The zero-order valence-corrected chi connectivity index (χ0v) is 14.0. The van der Waals surface area contributed by atoms with E-state index in [1.54, 1.807) is 24.3 Å². The summed E-state index contributed by atoms with van der Waals surface area (Å²) in [5, 5.41) is 32.1. The highest BCUT2D eigenvalue weighted by Crippen LogP contribution is 2.32. The summed E-state index contributed by atoms with van der Waals surface area (Å²) in [6.07, 6.45) is -1.77. The second kappa shape index (κ2) is 7.00. The minimum atomic E-state index is -1.27. The molecule has 4 N–H and O–H groups in total. The van der Waals surface area contributed by atoms with Crippen molar-refractivity contribution in [2.75, 3.05) is 11.9 Å². The van der Waals surface area contributed by atoms with Crippen LogP contribution in [-0.2, 0) is 4.74 Å². The van der Waals surface area contributed by atoms with Gasteiger partial charge in [-0.05, 0) is 12.1 Å². The molecule has 0 spiro atoms. The van der Waals surface area contributed by atoms with E-state index in [0.717, 1.165) is 0 Å². The van der Waals surface area contributed by atoms with Crippen molar-refractivity contribution in [3.63, 3.8) is 0 Å². The minimum absolute atomic E-state index is 0.208. The molecule has 140 valence electrons. The van der Waals surface area contributed by atoms with Crippen molar-refractivity contribution >= 4 is 22.9 Å². The molecule has 2 aromatic heterocycles. The number of rotatable bonds is 4. The third-order valence-corrected chi connectivity index (χ3v) is 4.42. The summed E-state index contributed by atoms with van der Waals surface area (Å²) >= 11 is 0. The van der Waals surface area contributed by atoms with Crippen LogP contribution in [0, 0.1) is 0 Å². The number of hydrogen-bond acceptors (Lipinski definition) is 8. The first-order valence-electron chi connectivity index (χ1n) is 8.26. The minimum Gasteiger partial charge on any atom is -0.394 e. The Kier molecular flexibility index (Phi) is 4.54. The number of aliphatic hydroxyl groups excluding tert-OH is 3. The van der Waals surface area contributed by atoms with E-state index in [9.17, 15) is 20.1 Å². The number of nitrogens with one attached hydrogen (secondary N) is 1. The summed E-state index contributed by atoms with van der Waals surface area (Å²) < 4.78 is 6.93. The molecule has 10 nitrogen and oxygen atoms in total. The fraction of sp³-hybridized carbons (Fsp3) is 0.294. The zero-order chi connectivity index (χ0) is 19.0. The molecular weight excluding hydrogens is 354 g/mol. The summed E-state index contributed by atoms with van der Waals surface area (Å²) in [7, 11) is 0. The van der Waals surface area contributed by atoms with E-state index in [4.69, 9.17) is 4.74 Å². The normalized spacial score (nSPS) is 25.0. The average Bonchev–Trinajstić information content (AvgIpc) is 3.25. The first kappa shape index (κ1) is 17.5. The average molecular weight is 371 g/mol. The molecule has 4 atom stereocenters. The van der Waals surface area contributed by atoms with Gasteiger partial charge in [0, 0.05) is 5.56 Å². The van der Waals surface area contributed by atoms with Gasteiger partial charge in [0.25, 0.3) is 5.91 Å². The molecule has 0 aliphatic carbocycles. The van der Waals surface area contributed by atoms with Crippen molar-refractivity contribution in [2.45, 2.75) is 24.5 Å². The van der Waals surface area contributed by atoms with Crippen LogP contribution < -0.4 is 5.32 Å². The van der Waals surface area contributed by atoms with Crippen LogP contribution in [0.3, 0.4) is 0 Å². The number of imidazole rings is 1. The van der Waals surface area contributed by atoms with Crippen molar-refractivity contribution in [1.29, 1.82) is 0 Å². The Bertz CT molecular complexity index is 963. The van der Waals surface area contributed by atoms with Crippen molar-refractivity contribution in [1.82, 2.24) is 19.5 Å². The maximum absolute atomic E-state index is 12.4. The van der Waals surface area contributed by atoms with Crippen LogP contribution in [0.1, 0.15) is 16.6 Å². The lowest BCUT2D eigenvalue weighted by Gasteiger charge is -2.16. The molecule has 0 bridgehead atoms. The molecule has 10 heteroatoms. The van der Waals surface area contributed by atoms with Crippen molar-refractivity contribution in [3.05, 3.63) is 48.5 Å². The van der Waals surface area contributed by atoms with Crippen LogP contribution in [0.4, 0.5) is 5.82 Å². The van der Waals surface area contributed by atoms with E-state index in [1.165, 1.54) is 17.2 Å². The molecule has 1 saturated heterocycles. The van der Waals surface area contributed by atoms with E-state index < -0.39 is 31.1 Å². The number of carbonyl (C=O) groups is 1. The molecule has 3 aromatic rings. The molecule has 1 aliphatic rings. The largest absolute Gasteiger partial charge is 0.394 e. The molecule has 1 aliphatic heterocycles. The monoisotopic (exact) mass is 371 g/mol. The molecule has 1 unspecified atom stereocenters. The van der Waals surface area contributed by atoms with Crippen molar-refractivity contribution in [2.24, 2.45) is 0 Å². The predicted octanol–water partition coefficient (Wildman–Crippen LogP) is -0.310. The standard InChI is InChI=1S/C17H17N5O5/c23-6-10-12(24)13(25)17(27-10)22-8-20-11-14(18-7-19-15(11)22)21-16(26)9-4-2-1-3-5-9/h1-5,7-8,10,12-13,17,23-25H,6H2,(H,18,19,21,26)/t10-,12?,13-,17-/m1/s1. The Balaban J connectivity index is 1.65. The first-order chi connectivity index (χ1) is 13.1. The lowest BCUT2D eigenvalue weighted by atomic mass is 10.1. The Hall–Kier alpha value is -2.92. The molecule has 1 amide bonds. The fourth-order valence-electron chi connectivity index (χ4n) is 3.01. The lowest BCUT2D eigenvalue weighted by molar-refractivity contribution is -0.0511. The SMILES string of the molecule is O=C(Nc1ncnc2c1ncn2[C@@H]1O[C@H](CO)C(O)[C@H]1O)c1ccccc1. The van der Waals surface area contributed by atoms with E-state index in [-0.39, 0.29) is 11.7 Å². The van der Waals surface area contributed by atoms with Crippen LogP contribution in [0.2, 0.25) is 0 Å². The Morgan fingerprint density at radius 3 is 2.63 bits per heavy atom. The van der Waals surface area contributed by atoms with Crippen molar-refractivity contribution in [3.8, 4) is 0 Å². The molecule has 27 heavy (non-hydrogen) atoms.